The highest BCUT2D eigenvalue weighted by Crippen LogP contribution is 2.34. The molecule has 5 rings (SSSR count). The lowest BCUT2D eigenvalue weighted by Crippen LogP contribution is -2.30. The number of fused-ring (bicyclic) bond motifs is 2. The summed E-state index contributed by atoms with van der Waals surface area (Å²) in [7, 11) is 0. The molecule has 0 N–H and O–H groups in total. The molecule has 2 aliphatic rings. The van der Waals surface area contributed by atoms with Gasteiger partial charge in [0.2, 0.25) is 0 Å². The summed E-state index contributed by atoms with van der Waals surface area (Å²) >= 11 is 6.63. The number of rotatable bonds is 2. The minimum absolute atomic E-state index is 0.121. The fourth-order valence-corrected chi connectivity index (χ4v) is 4.88. The van der Waals surface area contributed by atoms with E-state index in [0.717, 1.165) is 53.0 Å². The second-order valence-corrected chi connectivity index (χ2v) is 8.63. The Bertz CT molecular complexity index is 1240. The Kier molecular flexibility index (Phi) is 5.03. The maximum absolute atomic E-state index is 13.6. The Balaban J connectivity index is 1.53. The van der Waals surface area contributed by atoms with Crippen molar-refractivity contribution < 1.29 is 9.59 Å². The molecule has 0 unspecified atom stereocenters. The van der Waals surface area contributed by atoms with Gasteiger partial charge in [-0.05, 0) is 72.4 Å². The van der Waals surface area contributed by atoms with Gasteiger partial charge in [0.1, 0.15) is 0 Å². The zero-order valence-corrected chi connectivity index (χ0v) is 18.2. The Morgan fingerprint density at radius 3 is 2.68 bits per heavy atom. The number of amides is 1. The Labute approximate surface area is 186 Å². The lowest BCUT2D eigenvalue weighted by Gasteiger charge is -2.24. The second kappa shape index (κ2) is 7.86. The van der Waals surface area contributed by atoms with Crippen LogP contribution in [0.15, 0.2) is 66.4 Å². The summed E-state index contributed by atoms with van der Waals surface area (Å²) in [6.45, 7) is 3.10. The third-order valence-electron chi connectivity index (χ3n) is 6.36. The number of anilines is 1. The molecule has 0 saturated carbocycles. The fourth-order valence-electron chi connectivity index (χ4n) is 4.62. The maximum Gasteiger partial charge on any atom is 0.260 e. The van der Waals surface area contributed by atoms with Gasteiger partial charge in [0.05, 0.1) is 17.1 Å². The van der Waals surface area contributed by atoms with Crippen molar-refractivity contribution in [1.29, 1.82) is 0 Å². The first-order valence-corrected chi connectivity index (χ1v) is 11.0. The van der Waals surface area contributed by atoms with Crippen LogP contribution in [-0.2, 0) is 17.9 Å². The molecule has 1 aromatic heterocycles. The summed E-state index contributed by atoms with van der Waals surface area (Å²) in [4.78, 5) is 27.6. The summed E-state index contributed by atoms with van der Waals surface area (Å²) < 4.78 is 2.17. The summed E-state index contributed by atoms with van der Waals surface area (Å²) in [5.74, 6) is 0.0748. The summed E-state index contributed by atoms with van der Waals surface area (Å²) in [5.41, 5.74) is 6.34. The van der Waals surface area contributed by atoms with Gasteiger partial charge in [-0.1, -0.05) is 35.9 Å². The molecule has 2 aromatic carbocycles. The zero-order chi connectivity index (χ0) is 21.5. The molecule has 0 spiro atoms. The molecular weight excluding hydrogens is 408 g/mol. The molecule has 1 aliphatic carbocycles. The number of carbonyl (C=O) groups is 2. The number of halogens is 1. The molecule has 1 aliphatic heterocycles. The van der Waals surface area contributed by atoms with Crippen molar-refractivity contribution >= 4 is 34.6 Å². The molecule has 31 heavy (non-hydrogen) atoms. The molecule has 0 bridgehead atoms. The number of hydrogen-bond donors (Lipinski definition) is 0. The van der Waals surface area contributed by atoms with E-state index in [0.29, 0.717) is 23.6 Å². The van der Waals surface area contributed by atoms with E-state index in [2.05, 4.69) is 10.6 Å². The van der Waals surface area contributed by atoms with Crippen LogP contribution in [0.1, 0.15) is 53.4 Å². The highest BCUT2D eigenvalue weighted by atomic mass is 35.5. The van der Waals surface area contributed by atoms with Crippen LogP contribution in [0.4, 0.5) is 5.69 Å². The third-order valence-corrected chi connectivity index (χ3v) is 6.67. The summed E-state index contributed by atoms with van der Waals surface area (Å²) in [6.07, 6.45) is 4.37. The number of ketones is 1. The van der Waals surface area contributed by atoms with Crippen LogP contribution in [0, 0.1) is 0 Å². The van der Waals surface area contributed by atoms with Crippen molar-refractivity contribution in [2.75, 3.05) is 4.90 Å². The average Bonchev–Trinajstić information content (AvgIpc) is 3.14. The third kappa shape index (κ3) is 3.51. The van der Waals surface area contributed by atoms with Crippen LogP contribution in [0.3, 0.4) is 0 Å². The van der Waals surface area contributed by atoms with E-state index < -0.39 is 0 Å². The number of carbonyl (C=O) groups excluding carboxylic acids is 2. The number of aromatic nitrogens is 1. The number of benzene rings is 2. The predicted octanol–water partition coefficient (Wildman–Crippen LogP) is 5.88. The molecule has 3 aromatic rings. The molecule has 0 atom stereocenters. The number of Topliss-reactive ketones (excluding diaryl/α,β-unsaturated/α-hetero) is 1. The van der Waals surface area contributed by atoms with Crippen molar-refractivity contribution in [3.8, 4) is 0 Å². The molecule has 2 heterocycles. The fraction of sp³-hybridized carbons (Fsp3) is 0.231. The minimum Gasteiger partial charge on any atom is -0.345 e. The Morgan fingerprint density at radius 2 is 1.84 bits per heavy atom. The maximum atomic E-state index is 13.6. The molecule has 4 nitrogen and oxygen atoms in total. The van der Waals surface area contributed by atoms with Crippen molar-refractivity contribution in [2.45, 2.75) is 39.3 Å². The molecule has 0 fully saturated rings. The monoisotopic (exact) mass is 430 g/mol. The van der Waals surface area contributed by atoms with Gasteiger partial charge in [-0.15, -0.1) is 0 Å². The van der Waals surface area contributed by atoms with Crippen LogP contribution < -0.4 is 4.90 Å². The van der Waals surface area contributed by atoms with Gasteiger partial charge in [0.25, 0.3) is 5.91 Å². The molecular formula is C26H23ClN2O2. The molecule has 0 saturated heterocycles. The summed E-state index contributed by atoms with van der Waals surface area (Å²) in [5, 5.41) is 0.415. The van der Waals surface area contributed by atoms with E-state index in [1.165, 1.54) is 0 Å². The highest BCUT2D eigenvalue weighted by molar-refractivity contribution is 6.34. The van der Waals surface area contributed by atoms with Crippen LogP contribution in [-0.4, -0.2) is 16.3 Å². The van der Waals surface area contributed by atoms with Crippen LogP contribution in [0.2, 0.25) is 5.02 Å². The van der Waals surface area contributed by atoms with E-state index in [1.807, 2.05) is 60.5 Å². The van der Waals surface area contributed by atoms with Gasteiger partial charge in [-0.3, -0.25) is 9.59 Å². The van der Waals surface area contributed by atoms with Gasteiger partial charge in [0, 0.05) is 30.5 Å². The minimum atomic E-state index is -0.121. The van der Waals surface area contributed by atoms with Gasteiger partial charge >= 0.3 is 0 Å². The molecule has 5 heteroatoms. The average molecular weight is 431 g/mol. The van der Waals surface area contributed by atoms with Crippen molar-refractivity contribution in [1.82, 2.24) is 4.57 Å². The normalized spacial score (nSPS) is 16.1. The predicted molar refractivity (Wildman–Crippen MR) is 123 cm³/mol. The van der Waals surface area contributed by atoms with E-state index in [9.17, 15) is 9.59 Å². The van der Waals surface area contributed by atoms with E-state index in [-0.39, 0.29) is 11.7 Å². The first-order chi connectivity index (χ1) is 15.0. The van der Waals surface area contributed by atoms with Gasteiger partial charge in [-0.2, -0.15) is 0 Å². The van der Waals surface area contributed by atoms with Crippen LogP contribution in [0.5, 0.6) is 0 Å². The van der Waals surface area contributed by atoms with E-state index >= 15 is 0 Å². The quantitative estimate of drug-likeness (QED) is 0.509. The van der Waals surface area contributed by atoms with Crippen LogP contribution >= 0.6 is 11.6 Å². The van der Waals surface area contributed by atoms with Gasteiger partial charge in [-0.25, -0.2) is 0 Å². The van der Waals surface area contributed by atoms with Crippen molar-refractivity contribution in [3.05, 3.63) is 93.8 Å². The highest BCUT2D eigenvalue weighted by Gasteiger charge is 2.26. The topological polar surface area (TPSA) is 42.3 Å². The number of hydrogen-bond acceptors (Lipinski definition) is 2. The Morgan fingerprint density at radius 1 is 1.00 bits per heavy atom. The molecule has 1 amide bonds. The number of allylic oxidation sites excluding steroid dienone is 2. The van der Waals surface area contributed by atoms with E-state index in [4.69, 9.17) is 11.6 Å². The first kappa shape index (κ1) is 19.8. The largest absolute Gasteiger partial charge is 0.345 e. The second-order valence-electron chi connectivity index (χ2n) is 8.22. The smallest absolute Gasteiger partial charge is 0.260 e. The lowest BCUT2D eigenvalue weighted by atomic mass is 9.87. The van der Waals surface area contributed by atoms with Crippen LogP contribution in [0.25, 0.3) is 5.57 Å². The SMILES string of the molecule is CC1=C(c2ccc(C(=O)N3Cc4cccn4Cc4ccccc43)c(Cl)c2)CCCC1=O. The number of nitrogens with zero attached hydrogens (tertiary/aromatic N) is 2. The van der Waals surface area contributed by atoms with Crippen molar-refractivity contribution in [2.24, 2.45) is 0 Å². The Hall–Kier alpha value is -3.11. The number of para-hydroxylation sites is 1. The molecule has 0 radical (unpaired) electrons. The lowest BCUT2D eigenvalue weighted by molar-refractivity contribution is -0.115. The standard InChI is InChI=1S/C26H23ClN2O2/c1-17-21(8-4-10-25(17)30)18-11-12-22(23(27)14-18)26(31)29-16-20-7-5-13-28(20)15-19-6-2-3-9-24(19)29/h2-3,5-7,9,11-14H,4,8,10,15-16H2,1H3. The van der Waals surface area contributed by atoms with E-state index in [1.54, 1.807) is 6.07 Å². The summed E-state index contributed by atoms with van der Waals surface area (Å²) in [6, 6.07) is 17.6. The van der Waals surface area contributed by atoms with Gasteiger partial charge < -0.3 is 9.47 Å². The van der Waals surface area contributed by atoms with Crippen molar-refractivity contribution in [3.63, 3.8) is 0 Å². The first-order valence-electron chi connectivity index (χ1n) is 10.6. The molecule has 156 valence electrons. The zero-order valence-electron chi connectivity index (χ0n) is 17.4. The van der Waals surface area contributed by atoms with Gasteiger partial charge in [0.15, 0.2) is 5.78 Å².